The largest absolute Gasteiger partial charge is 0.508 e. The highest BCUT2D eigenvalue weighted by Crippen LogP contribution is 2.50. The van der Waals surface area contributed by atoms with Crippen LogP contribution in [0, 0.1) is 30.1 Å². The number of thiophene rings is 1. The number of fused-ring (bicyclic) bond motifs is 2. The van der Waals surface area contributed by atoms with Gasteiger partial charge in [0, 0.05) is 5.56 Å². The van der Waals surface area contributed by atoms with Gasteiger partial charge in [0.25, 0.3) is 5.56 Å². The predicted molar refractivity (Wildman–Crippen MR) is 240 cm³/mol. The third-order valence-electron chi connectivity index (χ3n) is 13.0. The first-order valence-corrected chi connectivity index (χ1v) is 23.7. The van der Waals surface area contributed by atoms with Crippen LogP contribution < -0.4 is 26.4 Å². The highest BCUT2D eigenvalue weighted by atomic mass is 32.1. The molecular formula is C48H52N4O8SSi. The number of nitrogens with zero attached hydrogens (tertiary/aromatic N) is 4. The zero-order valence-electron chi connectivity index (χ0n) is 36.1. The molecule has 0 radical (unpaired) electrons. The van der Waals surface area contributed by atoms with E-state index in [9.17, 15) is 10.4 Å². The highest BCUT2D eigenvalue weighted by molar-refractivity contribution is 7.22. The summed E-state index contributed by atoms with van der Waals surface area (Å²) in [6.45, 7) is 11.1. The minimum atomic E-state index is -3.48. The standard InChI is InChI=1S/C48H52N4O8SSi/c1-30-39-42(53)52(47(5,6)44(54)60-62(46(2,3)4,34-16-10-8-11-17-34)35-18-12-9-13-19-35)45(55)51(43(39)61-40(30)41-50-22-23-58-41)28-38(36-20-14-15-21-37(36)57-7)59-33-24-31-26-48(56,29-49)27-32(31)25-33/h8-23,31-33,38,56H,24-28H2,1-7H3/t31-,32+,33?,38?,48?. The summed E-state index contributed by atoms with van der Waals surface area (Å²) >= 11 is 1.22. The van der Waals surface area contributed by atoms with Crippen molar-refractivity contribution in [3.63, 3.8) is 0 Å². The lowest BCUT2D eigenvalue weighted by atomic mass is 9.99. The summed E-state index contributed by atoms with van der Waals surface area (Å²) in [4.78, 5) is 51.1. The smallest absolute Gasteiger partial charge is 0.333 e. The molecule has 0 aliphatic heterocycles. The summed E-state index contributed by atoms with van der Waals surface area (Å²) in [6.07, 6.45) is 4.02. The lowest BCUT2D eigenvalue weighted by molar-refractivity contribution is -0.144. The molecule has 0 amide bonds. The Morgan fingerprint density at radius 1 is 0.984 bits per heavy atom. The van der Waals surface area contributed by atoms with Crippen LogP contribution in [0.25, 0.3) is 21.0 Å². The molecule has 5 atom stereocenters. The second-order valence-electron chi connectivity index (χ2n) is 18.3. The molecule has 322 valence electrons. The van der Waals surface area contributed by atoms with Gasteiger partial charge in [-0.25, -0.2) is 14.3 Å². The van der Waals surface area contributed by atoms with Crippen molar-refractivity contribution in [3.05, 3.63) is 129 Å². The number of nitriles is 1. The highest BCUT2D eigenvalue weighted by Gasteiger charge is 2.55. The molecule has 2 aliphatic rings. The predicted octanol–water partition coefficient (Wildman–Crippen LogP) is 7.24. The van der Waals surface area contributed by atoms with Crippen LogP contribution in [0.3, 0.4) is 0 Å². The molecule has 0 saturated heterocycles. The molecule has 0 bridgehead atoms. The first-order valence-electron chi connectivity index (χ1n) is 21.0. The minimum Gasteiger partial charge on any atom is -0.508 e. The number of carbonyl (C=O) groups excluding carboxylic acids is 1. The Morgan fingerprint density at radius 3 is 2.13 bits per heavy atom. The average molecular weight is 873 g/mol. The number of oxazole rings is 1. The number of hydrogen-bond donors (Lipinski definition) is 1. The number of ether oxygens (including phenoxy) is 2. The number of methoxy groups -OCH3 is 1. The van der Waals surface area contributed by atoms with Crippen LogP contribution in [-0.4, -0.2) is 52.3 Å². The molecule has 12 nitrogen and oxygen atoms in total. The van der Waals surface area contributed by atoms with Gasteiger partial charge in [0.05, 0.1) is 42.3 Å². The normalized spacial score (nSPS) is 20.8. The molecule has 3 aromatic carbocycles. The van der Waals surface area contributed by atoms with Gasteiger partial charge >= 0.3 is 20.0 Å². The summed E-state index contributed by atoms with van der Waals surface area (Å²) in [6, 6.07) is 29.0. The molecule has 14 heteroatoms. The van der Waals surface area contributed by atoms with Crippen molar-refractivity contribution in [2.24, 2.45) is 11.8 Å². The fourth-order valence-corrected chi connectivity index (χ4v) is 15.6. The number of aryl methyl sites for hydroxylation is 1. The molecule has 3 unspecified atom stereocenters. The lowest BCUT2D eigenvalue weighted by Crippen LogP contribution is -2.69. The van der Waals surface area contributed by atoms with Gasteiger partial charge in [-0.3, -0.25) is 14.2 Å². The Labute approximate surface area is 365 Å². The van der Waals surface area contributed by atoms with E-state index in [1.165, 1.54) is 28.4 Å². The molecule has 3 heterocycles. The Balaban J connectivity index is 1.28. The first kappa shape index (κ1) is 43.1. The number of aliphatic hydroxyl groups is 1. The van der Waals surface area contributed by atoms with Crippen molar-refractivity contribution in [2.75, 3.05) is 7.11 Å². The van der Waals surface area contributed by atoms with Crippen molar-refractivity contribution in [3.8, 4) is 22.6 Å². The van der Waals surface area contributed by atoms with E-state index < -0.39 is 47.8 Å². The van der Waals surface area contributed by atoms with Gasteiger partial charge in [-0.1, -0.05) is 99.6 Å². The van der Waals surface area contributed by atoms with E-state index >= 15 is 14.4 Å². The quantitative estimate of drug-likeness (QED) is 0.0982. The van der Waals surface area contributed by atoms with Gasteiger partial charge in [0.2, 0.25) is 5.89 Å². The monoisotopic (exact) mass is 872 g/mol. The SMILES string of the molecule is COc1ccccc1C(Cn1c(=O)n(C(C)(C)C(=O)O[Si](c2ccccc2)(c2ccccc2)C(C)(C)C)c(=O)c2c(C)c(-c3ncco3)sc21)OC1C[C@@H]2CC(O)(C#N)C[C@@H]2C1. The molecule has 3 aromatic heterocycles. The molecule has 2 saturated carbocycles. The molecule has 1 N–H and O–H groups in total. The zero-order chi connectivity index (χ0) is 44.2. The molecule has 0 spiro atoms. The van der Waals surface area contributed by atoms with Crippen LogP contribution in [0.5, 0.6) is 5.75 Å². The van der Waals surface area contributed by atoms with E-state index in [0.717, 1.165) is 14.9 Å². The van der Waals surface area contributed by atoms with Gasteiger partial charge < -0.3 is 23.4 Å². The minimum absolute atomic E-state index is 0.0469. The summed E-state index contributed by atoms with van der Waals surface area (Å²) in [5.41, 5.74) is -3.24. The van der Waals surface area contributed by atoms with Gasteiger partial charge in [-0.05, 0) is 85.3 Å². The number of para-hydroxylation sites is 1. The van der Waals surface area contributed by atoms with Gasteiger partial charge in [0.15, 0.2) is 5.60 Å². The second kappa shape index (κ2) is 16.3. The Morgan fingerprint density at radius 2 is 1.58 bits per heavy atom. The fourth-order valence-electron chi connectivity index (χ4n) is 9.90. The van der Waals surface area contributed by atoms with Crippen molar-refractivity contribution < 1.29 is 28.2 Å². The van der Waals surface area contributed by atoms with E-state index in [0.29, 0.717) is 58.2 Å². The van der Waals surface area contributed by atoms with E-state index in [2.05, 4.69) is 31.8 Å². The number of carbonyl (C=O) groups is 1. The fraction of sp³-hybridized carbons (Fsp3) is 0.396. The molecule has 6 aromatic rings. The lowest BCUT2D eigenvalue weighted by Gasteiger charge is -2.43. The second-order valence-corrected chi connectivity index (χ2v) is 23.5. The maximum absolute atomic E-state index is 15.4. The van der Waals surface area contributed by atoms with Gasteiger partial charge in [-0.2, -0.15) is 5.26 Å². The van der Waals surface area contributed by atoms with E-state index in [1.807, 2.05) is 84.9 Å². The third kappa shape index (κ3) is 7.34. The van der Waals surface area contributed by atoms with Crippen LogP contribution in [0.1, 0.15) is 77.5 Å². The number of rotatable bonds is 12. The first-order chi connectivity index (χ1) is 29.5. The van der Waals surface area contributed by atoms with E-state index in [1.54, 1.807) is 27.9 Å². The number of hydrogen-bond acceptors (Lipinski definition) is 11. The Kier molecular flexibility index (Phi) is 11.3. The van der Waals surface area contributed by atoms with Crippen LogP contribution in [0.4, 0.5) is 0 Å². The van der Waals surface area contributed by atoms with Crippen LogP contribution >= 0.6 is 11.3 Å². The summed E-state index contributed by atoms with van der Waals surface area (Å²) < 4.78 is 28.1. The van der Waals surface area contributed by atoms with E-state index in [4.69, 9.17) is 18.3 Å². The third-order valence-corrected chi connectivity index (χ3v) is 19.2. The van der Waals surface area contributed by atoms with Crippen molar-refractivity contribution >= 4 is 46.2 Å². The van der Waals surface area contributed by atoms with Gasteiger partial charge in [0.1, 0.15) is 28.5 Å². The molecule has 2 aliphatic carbocycles. The summed E-state index contributed by atoms with van der Waals surface area (Å²) in [5, 5.41) is 21.9. The summed E-state index contributed by atoms with van der Waals surface area (Å²) in [5.74, 6) is 0.371. The van der Waals surface area contributed by atoms with Crippen LogP contribution in [-0.2, 0) is 26.0 Å². The average Bonchev–Trinajstić information content (AvgIpc) is 4.05. The van der Waals surface area contributed by atoms with Gasteiger partial charge in [-0.15, -0.1) is 11.3 Å². The number of aromatic nitrogens is 3. The molecular weight excluding hydrogens is 821 g/mol. The molecule has 8 rings (SSSR count). The Bertz CT molecular complexity index is 2710. The zero-order valence-corrected chi connectivity index (χ0v) is 37.9. The Hall–Kier alpha value is -5.59. The van der Waals surface area contributed by atoms with Crippen LogP contribution in [0.15, 0.2) is 111 Å². The molecule has 62 heavy (non-hydrogen) atoms. The maximum Gasteiger partial charge on any atom is 0.333 e. The summed E-state index contributed by atoms with van der Waals surface area (Å²) in [7, 11) is -1.91. The number of benzene rings is 3. The van der Waals surface area contributed by atoms with Crippen molar-refractivity contribution in [2.45, 2.75) is 102 Å². The maximum atomic E-state index is 15.4. The molecule has 2 fully saturated rings. The van der Waals surface area contributed by atoms with Crippen LogP contribution in [0.2, 0.25) is 5.04 Å². The van der Waals surface area contributed by atoms with E-state index in [-0.39, 0.29) is 29.9 Å². The van der Waals surface area contributed by atoms with Crippen molar-refractivity contribution in [1.29, 1.82) is 5.26 Å². The van der Waals surface area contributed by atoms with Crippen molar-refractivity contribution in [1.82, 2.24) is 14.1 Å². The topological polar surface area (TPSA) is 159 Å².